The zero-order chi connectivity index (χ0) is 17.6. The molecule has 2 rings (SSSR count). The van der Waals surface area contributed by atoms with Gasteiger partial charge in [-0.3, -0.25) is 4.79 Å². The molecule has 0 aromatic heterocycles. The van der Waals surface area contributed by atoms with E-state index in [4.69, 9.17) is 0 Å². The number of carbonyl (C=O) groups excluding carboxylic acids is 1. The molecule has 1 saturated heterocycles. The van der Waals surface area contributed by atoms with Gasteiger partial charge in [-0.25, -0.2) is 0 Å². The molecule has 2 N–H and O–H groups in total. The highest BCUT2D eigenvalue weighted by Crippen LogP contribution is 2.24. The van der Waals surface area contributed by atoms with Crippen molar-refractivity contribution in [2.45, 2.75) is 64.5 Å². The van der Waals surface area contributed by atoms with Crippen LogP contribution in [-0.2, 0) is 11.3 Å². The summed E-state index contributed by atoms with van der Waals surface area (Å²) in [5.41, 5.74) is 1.18. The Hall–Kier alpha value is -1.39. The molecule has 134 valence electrons. The van der Waals surface area contributed by atoms with Crippen molar-refractivity contribution < 1.29 is 9.90 Å². The number of nitrogens with zero attached hydrogens (tertiary/aromatic N) is 1. The van der Waals surface area contributed by atoms with Gasteiger partial charge in [-0.2, -0.15) is 0 Å². The lowest BCUT2D eigenvalue weighted by Gasteiger charge is -2.38. The van der Waals surface area contributed by atoms with Crippen molar-refractivity contribution >= 4 is 5.91 Å². The summed E-state index contributed by atoms with van der Waals surface area (Å²) in [6.07, 6.45) is 3.57. The minimum absolute atomic E-state index is 0.134. The monoisotopic (exact) mass is 332 g/mol. The van der Waals surface area contributed by atoms with Gasteiger partial charge in [-0.05, 0) is 42.9 Å². The predicted molar refractivity (Wildman–Crippen MR) is 97.9 cm³/mol. The summed E-state index contributed by atoms with van der Waals surface area (Å²) in [7, 11) is 0. The van der Waals surface area contributed by atoms with Crippen LogP contribution in [0.3, 0.4) is 0 Å². The van der Waals surface area contributed by atoms with Gasteiger partial charge in [0.1, 0.15) is 0 Å². The first-order valence-electron chi connectivity index (χ1n) is 9.27. The van der Waals surface area contributed by atoms with Crippen molar-refractivity contribution in [1.82, 2.24) is 10.2 Å². The number of hydrogen-bond acceptors (Lipinski definition) is 3. The van der Waals surface area contributed by atoms with E-state index in [9.17, 15) is 9.90 Å². The highest BCUT2D eigenvalue weighted by Gasteiger charge is 2.41. The number of likely N-dealkylation sites (tertiary alicyclic amines) is 1. The molecule has 1 atom stereocenters. The van der Waals surface area contributed by atoms with Gasteiger partial charge in [0.25, 0.3) is 5.91 Å². The molecule has 1 aromatic carbocycles. The van der Waals surface area contributed by atoms with Gasteiger partial charge in [0.2, 0.25) is 0 Å². The third-order valence-corrected chi connectivity index (χ3v) is 4.85. The average Bonchev–Trinajstić information content (AvgIpc) is 2.57. The third kappa shape index (κ3) is 4.81. The van der Waals surface area contributed by atoms with Crippen molar-refractivity contribution in [2.24, 2.45) is 0 Å². The van der Waals surface area contributed by atoms with Crippen LogP contribution < -0.4 is 5.32 Å². The molecule has 1 heterocycles. The van der Waals surface area contributed by atoms with E-state index in [1.807, 2.05) is 0 Å². The van der Waals surface area contributed by atoms with E-state index in [-0.39, 0.29) is 5.91 Å². The van der Waals surface area contributed by atoms with Gasteiger partial charge in [-0.15, -0.1) is 0 Å². The number of carbonyl (C=O) groups is 1. The van der Waals surface area contributed by atoms with Crippen LogP contribution in [0.2, 0.25) is 0 Å². The molecule has 24 heavy (non-hydrogen) atoms. The quantitative estimate of drug-likeness (QED) is 0.720. The lowest BCUT2D eigenvalue weighted by molar-refractivity contribution is -0.157. The maximum Gasteiger partial charge on any atom is 0.256 e. The molecular formula is C20H32N2O2. The molecule has 0 unspecified atom stereocenters. The second kappa shape index (κ2) is 8.63. The summed E-state index contributed by atoms with van der Waals surface area (Å²) in [6, 6.07) is 8.45. The summed E-state index contributed by atoms with van der Waals surface area (Å²) >= 11 is 0. The van der Waals surface area contributed by atoms with Gasteiger partial charge in [0, 0.05) is 19.6 Å². The van der Waals surface area contributed by atoms with Crippen LogP contribution in [0, 0.1) is 0 Å². The molecule has 1 aliphatic rings. The van der Waals surface area contributed by atoms with E-state index in [0.717, 1.165) is 37.9 Å². The Morgan fingerprint density at radius 2 is 2.00 bits per heavy atom. The van der Waals surface area contributed by atoms with Crippen LogP contribution in [0.25, 0.3) is 0 Å². The first-order valence-corrected chi connectivity index (χ1v) is 9.27. The van der Waals surface area contributed by atoms with Crippen LogP contribution in [-0.4, -0.2) is 41.1 Å². The van der Waals surface area contributed by atoms with Gasteiger partial charge < -0.3 is 15.3 Å². The molecule has 1 fully saturated rings. The highest BCUT2D eigenvalue weighted by atomic mass is 16.3. The lowest BCUT2D eigenvalue weighted by Crippen LogP contribution is -2.57. The zero-order valence-corrected chi connectivity index (χ0v) is 15.3. The summed E-state index contributed by atoms with van der Waals surface area (Å²) in [4.78, 5) is 14.5. The Balaban J connectivity index is 1.96. The van der Waals surface area contributed by atoms with Crippen molar-refractivity contribution in [3.63, 3.8) is 0 Å². The molecule has 0 saturated carbocycles. The fraction of sp³-hybridized carbons (Fsp3) is 0.650. The Labute approximate surface area is 146 Å². The van der Waals surface area contributed by atoms with Crippen molar-refractivity contribution in [3.8, 4) is 0 Å². The molecule has 1 aromatic rings. The number of benzene rings is 1. The van der Waals surface area contributed by atoms with Gasteiger partial charge in [-0.1, -0.05) is 51.5 Å². The predicted octanol–water partition coefficient (Wildman–Crippen LogP) is 3.05. The Kier molecular flexibility index (Phi) is 6.81. The topological polar surface area (TPSA) is 52.6 Å². The number of rotatable bonds is 8. The van der Waals surface area contributed by atoms with E-state index in [1.54, 1.807) is 4.90 Å². The smallest absolute Gasteiger partial charge is 0.256 e. The lowest BCUT2D eigenvalue weighted by atomic mass is 9.91. The number of piperidine rings is 1. The largest absolute Gasteiger partial charge is 0.379 e. The minimum Gasteiger partial charge on any atom is -0.379 e. The average molecular weight is 332 g/mol. The normalized spacial score (nSPS) is 21.5. The number of nitrogens with one attached hydrogen (secondary N) is 1. The number of hydrogen-bond donors (Lipinski definition) is 2. The second-order valence-electron chi connectivity index (χ2n) is 7.29. The van der Waals surface area contributed by atoms with Crippen LogP contribution in [0.5, 0.6) is 0 Å². The molecule has 0 aliphatic carbocycles. The molecule has 0 spiro atoms. The summed E-state index contributed by atoms with van der Waals surface area (Å²) in [5.74, 6) is 0.376. The summed E-state index contributed by atoms with van der Waals surface area (Å²) < 4.78 is 0. The molecule has 0 bridgehead atoms. The molecule has 1 amide bonds. The minimum atomic E-state index is -1.25. The van der Waals surface area contributed by atoms with Crippen molar-refractivity contribution in [3.05, 3.63) is 35.4 Å². The van der Waals surface area contributed by atoms with Crippen LogP contribution in [0.1, 0.15) is 63.5 Å². The van der Waals surface area contributed by atoms with Crippen LogP contribution >= 0.6 is 0 Å². The number of amides is 1. The fourth-order valence-electron chi connectivity index (χ4n) is 3.21. The maximum absolute atomic E-state index is 12.7. The van der Waals surface area contributed by atoms with Crippen LogP contribution in [0.4, 0.5) is 0 Å². The first kappa shape index (κ1) is 18.9. The van der Waals surface area contributed by atoms with Gasteiger partial charge >= 0.3 is 0 Å². The third-order valence-electron chi connectivity index (χ3n) is 4.85. The Bertz CT molecular complexity index is 527. The molecule has 1 aliphatic heterocycles. The molecular weight excluding hydrogens is 300 g/mol. The Morgan fingerprint density at radius 1 is 1.29 bits per heavy atom. The highest BCUT2D eigenvalue weighted by molar-refractivity contribution is 5.86. The summed E-state index contributed by atoms with van der Waals surface area (Å²) in [6.45, 7) is 8.99. The fourth-order valence-corrected chi connectivity index (χ4v) is 3.21. The molecule has 4 heteroatoms. The van der Waals surface area contributed by atoms with Crippen LogP contribution in [0.15, 0.2) is 24.3 Å². The van der Waals surface area contributed by atoms with Crippen molar-refractivity contribution in [1.29, 1.82) is 0 Å². The van der Waals surface area contributed by atoms with E-state index in [0.29, 0.717) is 25.4 Å². The van der Waals surface area contributed by atoms with E-state index >= 15 is 0 Å². The van der Waals surface area contributed by atoms with Gasteiger partial charge in [0.05, 0.1) is 0 Å². The number of unbranched alkanes of at least 4 members (excludes halogenated alkanes) is 1. The van der Waals surface area contributed by atoms with E-state index in [2.05, 4.69) is 50.4 Å². The molecule has 4 nitrogen and oxygen atoms in total. The van der Waals surface area contributed by atoms with Crippen molar-refractivity contribution in [2.75, 3.05) is 19.6 Å². The maximum atomic E-state index is 12.7. The standard InChI is InChI=1S/C20H32N2O2/c1-4-5-12-21-15-20(24)11-6-13-22(19(20)23)14-17-7-9-18(10-8-17)16(2)3/h7-10,16,21,24H,4-6,11-15H2,1-3H3/t20-/m0/s1. The first-order chi connectivity index (χ1) is 11.5. The molecule has 0 radical (unpaired) electrons. The Morgan fingerprint density at radius 3 is 2.62 bits per heavy atom. The number of aliphatic hydroxyl groups is 1. The SMILES string of the molecule is CCCCNC[C@@]1(O)CCCN(Cc2ccc(C(C)C)cc2)C1=O. The van der Waals surface area contributed by atoms with E-state index < -0.39 is 5.60 Å². The zero-order valence-electron chi connectivity index (χ0n) is 15.3. The second-order valence-corrected chi connectivity index (χ2v) is 7.29. The summed E-state index contributed by atoms with van der Waals surface area (Å²) in [5, 5.41) is 14.0. The van der Waals surface area contributed by atoms with E-state index in [1.165, 1.54) is 5.56 Å². The van der Waals surface area contributed by atoms with Gasteiger partial charge in [0.15, 0.2) is 5.60 Å².